The van der Waals surface area contributed by atoms with Crippen molar-refractivity contribution in [2.24, 2.45) is 0 Å². The van der Waals surface area contributed by atoms with Crippen LogP contribution in [-0.4, -0.2) is 21.8 Å². The van der Waals surface area contributed by atoms with E-state index < -0.39 is 0 Å². The zero-order chi connectivity index (χ0) is 22.3. The molecule has 0 saturated carbocycles. The van der Waals surface area contributed by atoms with Crippen LogP contribution in [0.5, 0.6) is 0 Å². The molecule has 4 aromatic rings. The zero-order valence-corrected chi connectivity index (χ0v) is 17.2. The first-order valence-electron chi connectivity index (χ1n) is 9.84. The number of benzene rings is 2. The van der Waals surface area contributed by atoms with E-state index in [4.69, 9.17) is 0 Å². The fourth-order valence-electron chi connectivity index (χ4n) is 3.09. The highest BCUT2D eigenvalue weighted by Gasteiger charge is 2.08. The molecule has 0 saturated heterocycles. The summed E-state index contributed by atoms with van der Waals surface area (Å²) in [6.45, 7) is 1.61. The van der Waals surface area contributed by atoms with Gasteiger partial charge in [-0.2, -0.15) is 0 Å². The Morgan fingerprint density at radius 2 is 1.66 bits per heavy atom. The summed E-state index contributed by atoms with van der Waals surface area (Å²) in [5.74, 6) is 4.92. The number of rotatable bonds is 5. The average molecular weight is 421 g/mol. The first-order valence-corrected chi connectivity index (χ1v) is 9.84. The lowest BCUT2D eigenvalue weighted by molar-refractivity contribution is -0.111. The Bertz CT molecular complexity index is 1340. The number of anilines is 4. The zero-order valence-electron chi connectivity index (χ0n) is 17.2. The first kappa shape index (κ1) is 20.6. The summed E-state index contributed by atoms with van der Waals surface area (Å²) in [5.41, 5.74) is 3.54. The predicted octanol–water partition coefficient (Wildman–Crippen LogP) is 4.59. The van der Waals surface area contributed by atoms with Crippen LogP contribution < -0.4 is 16.0 Å². The van der Waals surface area contributed by atoms with Gasteiger partial charge < -0.3 is 16.0 Å². The third-order valence-corrected chi connectivity index (χ3v) is 4.57. The van der Waals surface area contributed by atoms with Crippen molar-refractivity contribution in [3.05, 3.63) is 84.7 Å². The fourth-order valence-corrected chi connectivity index (χ4v) is 3.09. The van der Waals surface area contributed by atoms with Crippen LogP contribution in [0.15, 0.2) is 79.1 Å². The first-order chi connectivity index (χ1) is 15.6. The van der Waals surface area contributed by atoms with Crippen molar-refractivity contribution in [3.63, 3.8) is 0 Å². The van der Waals surface area contributed by atoms with Gasteiger partial charge in [-0.05, 0) is 73.5 Å². The average Bonchev–Trinajstić information content (AvgIpc) is 2.81. The number of fused-ring (bicyclic) bond motifs is 1. The van der Waals surface area contributed by atoms with Gasteiger partial charge in [-0.3, -0.25) is 14.6 Å². The summed E-state index contributed by atoms with van der Waals surface area (Å²) >= 11 is 0. The second-order valence-corrected chi connectivity index (χ2v) is 6.79. The van der Waals surface area contributed by atoms with Gasteiger partial charge in [0.15, 0.2) is 0 Å². The summed E-state index contributed by atoms with van der Waals surface area (Å²) in [5, 5.41) is 9.69. The molecule has 0 spiro atoms. The summed E-state index contributed by atoms with van der Waals surface area (Å²) in [6, 6.07) is 19.7. The van der Waals surface area contributed by atoms with Crippen LogP contribution >= 0.6 is 0 Å². The van der Waals surface area contributed by atoms with Gasteiger partial charge in [-0.15, -0.1) is 0 Å². The lowest BCUT2D eigenvalue weighted by atomic mass is 10.1. The highest BCUT2D eigenvalue weighted by Crippen LogP contribution is 2.28. The standard InChI is InChI=1S/C25H19N5O2/c1-2-5-24(31)29-19-11-12-21-20(16-19)22(13-15-26-21)28-18-9-7-17(8-10-18)25(32)30-23-6-3-4-14-27-23/h3-4,6-16H,1H3,(H,26,28)(H,29,31)(H,27,30,32). The van der Waals surface area contributed by atoms with E-state index in [9.17, 15) is 9.59 Å². The van der Waals surface area contributed by atoms with Crippen molar-refractivity contribution in [3.8, 4) is 11.8 Å². The Morgan fingerprint density at radius 1 is 0.844 bits per heavy atom. The Hall–Kier alpha value is -4.70. The van der Waals surface area contributed by atoms with Crippen molar-refractivity contribution in [2.45, 2.75) is 6.92 Å². The lowest BCUT2D eigenvalue weighted by Gasteiger charge is -2.11. The maximum Gasteiger partial charge on any atom is 0.300 e. The number of aromatic nitrogens is 2. The number of nitrogens with one attached hydrogen (secondary N) is 3. The Balaban J connectivity index is 1.53. The molecular formula is C25H19N5O2. The normalized spacial score (nSPS) is 10.0. The largest absolute Gasteiger partial charge is 0.355 e. The number of hydrogen-bond donors (Lipinski definition) is 3. The number of hydrogen-bond acceptors (Lipinski definition) is 5. The van der Waals surface area contributed by atoms with Crippen LogP contribution in [0.25, 0.3) is 10.9 Å². The van der Waals surface area contributed by atoms with Gasteiger partial charge in [0.1, 0.15) is 5.82 Å². The minimum absolute atomic E-state index is 0.236. The highest BCUT2D eigenvalue weighted by molar-refractivity contribution is 6.06. The van der Waals surface area contributed by atoms with Crippen LogP contribution in [0.1, 0.15) is 17.3 Å². The summed E-state index contributed by atoms with van der Waals surface area (Å²) in [6.07, 6.45) is 3.33. The van der Waals surface area contributed by atoms with Gasteiger partial charge in [-0.1, -0.05) is 12.0 Å². The van der Waals surface area contributed by atoms with Crippen molar-refractivity contribution < 1.29 is 9.59 Å². The van der Waals surface area contributed by atoms with E-state index in [0.29, 0.717) is 17.1 Å². The monoisotopic (exact) mass is 421 g/mol. The minimum atomic E-state index is -0.371. The van der Waals surface area contributed by atoms with Crippen LogP contribution in [0.4, 0.5) is 22.9 Å². The molecule has 0 aliphatic heterocycles. The molecule has 0 bridgehead atoms. The molecule has 156 valence electrons. The van der Waals surface area contributed by atoms with Crippen molar-refractivity contribution >= 4 is 45.6 Å². The van der Waals surface area contributed by atoms with Gasteiger partial charge in [0.25, 0.3) is 11.8 Å². The number of amides is 2. The van der Waals surface area contributed by atoms with Crippen molar-refractivity contribution in [1.82, 2.24) is 9.97 Å². The van der Waals surface area contributed by atoms with Crippen LogP contribution in [-0.2, 0) is 4.79 Å². The van der Waals surface area contributed by atoms with E-state index in [2.05, 4.69) is 37.8 Å². The Morgan fingerprint density at radius 3 is 2.41 bits per heavy atom. The van der Waals surface area contributed by atoms with E-state index in [0.717, 1.165) is 22.3 Å². The van der Waals surface area contributed by atoms with Gasteiger partial charge in [0.2, 0.25) is 0 Å². The molecular weight excluding hydrogens is 402 g/mol. The van der Waals surface area contributed by atoms with Gasteiger partial charge in [0.05, 0.1) is 5.52 Å². The van der Waals surface area contributed by atoms with Crippen molar-refractivity contribution in [2.75, 3.05) is 16.0 Å². The van der Waals surface area contributed by atoms with E-state index in [1.165, 1.54) is 0 Å². The number of carbonyl (C=O) groups is 2. The maximum atomic E-state index is 12.4. The smallest absolute Gasteiger partial charge is 0.300 e. The van der Waals surface area contributed by atoms with Crippen LogP contribution in [0.3, 0.4) is 0 Å². The van der Waals surface area contributed by atoms with Crippen molar-refractivity contribution in [1.29, 1.82) is 0 Å². The lowest BCUT2D eigenvalue weighted by Crippen LogP contribution is -2.12. The molecule has 2 aromatic carbocycles. The fraction of sp³-hybridized carbons (Fsp3) is 0.0400. The quantitative estimate of drug-likeness (QED) is 0.410. The summed E-state index contributed by atoms with van der Waals surface area (Å²) in [7, 11) is 0. The molecule has 0 radical (unpaired) electrons. The van der Waals surface area contributed by atoms with Crippen LogP contribution in [0.2, 0.25) is 0 Å². The maximum absolute atomic E-state index is 12.4. The SMILES string of the molecule is CC#CC(=O)Nc1ccc2nccc(Nc3ccc(C(=O)Nc4ccccn4)cc3)c2c1. The topological polar surface area (TPSA) is 96.0 Å². The third kappa shape index (κ3) is 4.89. The third-order valence-electron chi connectivity index (χ3n) is 4.57. The second kappa shape index (κ2) is 9.41. The van der Waals surface area contributed by atoms with Crippen LogP contribution in [0, 0.1) is 11.8 Å². The summed E-state index contributed by atoms with van der Waals surface area (Å²) in [4.78, 5) is 32.7. The molecule has 32 heavy (non-hydrogen) atoms. The molecule has 4 rings (SSSR count). The number of pyridine rings is 2. The molecule has 7 heteroatoms. The van der Waals surface area contributed by atoms with E-state index >= 15 is 0 Å². The van der Waals surface area contributed by atoms with E-state index in [1.807, 2.05) is 36.4 Å². The molecule has 7 nitrogen and oxygen atoms in total. The number of carbonyl (C=O) groups excluding carboxylic acids is 2. The molecule has 2 amide bonds. The molecule has 3 N–H and O–H groups in total. The molecule has 0 unspecified atom stereocenters. The molecule has 0 fully saturated rings. The highest BCUT2D eigenvalue weighted by atomic mass is 16.2. The van der Waals surface area contributed by atoms with E-state index in [1.54, 1.807) is 49.6 Å². The number of nitrogens with zero attached hydrogens (tertiary/aromatic N) is 2. The van der Waals surface area contributed by atoms with Gasteiger partial charge in [-0.25, -0.2) is 4.98 Å². The Kier molecular flexibility index (Phi) is 6.05. The molecule has 0 atom stereocenters. The predicted molar refractivity (Wildman–Crippen MR) is 126 cm³/mol. The van der Waals surface area contributed by atoms with Gasteiger partial charge in [0, 0.05) is 40.4 Å². The minimum Gasteiger partial charge on any atom is -0.355 e. The molecule has 0 aliphatic carbocycles. The summed E-state index contributed by atoms with van der Waals surface area (Å²) < 4.78 is 0. The second-order valence-electron chi connectivity index (χ2n) is 6.79. The Labute approximate surface area is 184 Å². The molecule has 2 heterocycles. The van der Waals surface area contributed by atoms with E-state index in [-0.39, 0.29) is 11.8 Å². The molecule has 2 aromatic heterocycles. The molecule has 0 aliphatic rings. The van der Waals surface area contributed by atoms with Gasteiger partial charge >= 0.3 is 0 Å².